The van der Waals surface area contributed by atoms with E-state index < -0.39 is 5.54 Å². The average Bonchev–Trinajstić information content (AvgIpc) is 3.74. The number of nitrogens with zero attached hydrogens (tertiary/aromatic N) is 5. The summed E-state index contributed by atoms with van der Waals surface area (Å²) < 4.78 is 6.23. The summed E-state index contributed by atoms with van der Waals surface area (Å²) in [4.78, 5) is 33.6. The van der Waals surface area contributed by atoms with E-state index in [0.717, 1.165) is 34.7 Å². The molecule has 2 N–H and O–H groups in total. The van der Waals surface area contributed by atoms with Crippen molar-refractivity contribution in [2.24, 2.45) is 10.7 Å². The maximum Gasteiger partial charge on any atom is 0.254 e. The SMILES string of the molecule is C=C(OC(=NC)C(C)(N)Cc1ccccc1)c1cc(C(=O)N(Cc2nc(C)cs2)C2CC2)cc(-c2cnccn2)c1. The molecule has 1 atom stereocenters. The Hall–Kier alpha value is -4.21. The number of aliphatic imine (C=N–C) groups is 1. The van der Waals surface area contributed by atoms with Crippen LogP contribution in [0.5, 0.6) is 0 Å². The van der Waals surface area contributed by atoms with Crippen LogP contribution in [-0.2, 0) is 17.7 Å². The van der Waals surface area contributed by atoms with E-state index in [-0.39, 0.29) is 11.9 Å². The molecule has 0 radical (unpaired) electrons. The largest absolute Gasteiger partial charge is 0.441 e. The lowest BCUT2D eigenvalue weighted by Crippen LogP contribution is -2.48. The first kappa shape index (κ1) is 28.3. The van der Waals surface area contributed by atoms with Crippen LogP contribution in [0.3, 0.4) is 0 Å². The van der Waals surface area contributed by atoms with E-state index in [0.29, 0.717) is 41.4 Å². The molecular formula is C32H34N6O2S. The first-order chi connectivity index (χ1) is 19.7. The van der Waals surface area contributed by atoms with Gasteiger partial charge in [-0.05, 0) is 56.9 Å². The smallest absolute Gasteiger partial charge is 0.254 e. The third-order valence-electron chi connectivity index (χ3n) is 6.91. The van der Waals surface area contributed by atoms with Crippen LogP contribution < -0.4 is 5.73 Å². The van der Waals surface area contributed by atoms with Gasteiger partial charge in [-0.1, -0.05) is 36.9 Å². The van der Waals surface area contributed by atoms with Gasteiger partial charge in [-0.2, -0.15) is 0 Å². The van der Waals surface area contributed by atoms with Crippen molar-refractivity contribution in [1.29, 1.82) is 0 Å². The predicted molar refractivity (Wildman–Crippen MR) is 163 cm³/mol. The topological polar surface area (TPSA) is 107 Å². The molecule has 1 aliphatic carbocycles. The van der Waals surface area contributed by atoms with Gasteiger partial charge < -0.3 is 15.4 Å². The molecule has 210 valence electrons. The molecule has 2 aromatic heterocycles. The number of amides is 1. The fraction of sp³-hybridized carbons (Fsp3) is 0.281. The van der Waals surface area contributed by atoms with Crippen LogP contribution in [0.15, 0.2) is 84.1 Å². The zero-order valence-corrected chi connectivity index (χ0v) is 24.4. The number of hydrogen-bond acceptors (Lipinski definition) is 8. The van der Waals surface area contributed by atoms with E-state index in [4.69, 9.17) is 10.5 Å². The van der Waals surface area contributed by atoms with Crippen LogP contribution in [0, 0.1) is 6.92 Å². The molecule has 0 spiro atoms. The van der Waals surface area contributed by atoms with Crippen molar-refractivity contribution in [2.75, 3.05) is 7.05 Å². The highest BCUT2D eigenvalue weighted by Crippen LogP contribution is 2.32. The van der Waals surface area contributed by atoms with E-state index >= 15 is 0 Å². The number of ether oxygens (including phenoxy) is 1. The highest BCUT2D eigenvalue weighted by atomic mass is 32.1. The minimum Gasteiger partial charge on any atom is -0.441 e. The second-order valence-electron chi connectivity index (χ2n) is 10.6. The standard InChI is InChI=1S/C32H34N6O2S/c1-21-20-41-29(37-21)19-38(27-10-11-27)30(39)26-15-24(14-25(16-26)28-18-35-12-13-36-28)22(2)40-31(34-4)32(3,33)17-23-8-6-5-7-9-23/h5-9,12-16,18,20,27H,2,10-11,17,19,33H2,1,3-4H3. The van der Waals surface area contributed by atoms with Gasteiger partial charge in [0, 0.05) is 53.2 Å². The summed E-state index contributed by atoms with van der Waals surface area (Å²) >= 11 is 1.57. The molecule has 1 fully saturated rings. The van der Waals surface area contributed by atoms with Crippen LogP contribution in [0.4, 0.5) is 0 Å². The van der Waals surface area contributed by atoms with E-state index in [1.54, 1.807) is 37.0 Å². The highest BCUT2D eigenvalue weighted by Gasteiger charge is 2.34. The fourth-order valence-electron chi connectivity index (χ4n) is 4.74. The Labute approximate surface area is 244 Å². The van der Waals surface area contributed by atoms with E-state index in [2.05, 4.69) is 26.5 Å². The van der Waals surface area contributed by atoms with E-state index in [9.17, 15) is 4.79 Å². The van der Waals surface area contributed by atoms with Gasteiger partial charge in [-0.25, -0.2) is 4.98 Å². The molecule has 0 bridgehead atoms. The molecule has 1 unspecified atom stereocenters. The van der Waals surface area contributed by atoms with E-state index in [1.165, 1.54) is 0 Å². The molecule has 0 saturated heterocycles. The first-order valence-corrected chi connectivity index (χ1v) is 14.4. The van der Waals surface area contributed by atoms with Gasteiger partial charge in [0.25, 0.3) is 5.91 Å². The molecule has 8 nitrogen and oxygen atoms in total. The Morgan fingerprint density at radius 1 is 1.20 bits per heavy atom. The molecule has 5 rings (SSSR count). The Morgan fingerprint density at radius 2 is 1.95 bits per heavy atom. The van der Waals surface area contributed by atoms with Crippen molar-refractivity contribution < 1.29 is 9.53 Å². The predicted octanol–water partition coefficient (Wildman–Crippen LogP) is 5.69. The molecule has 2 aromatic carbocycles. The summed E-state index contributed by atoms with van der Waals surface area (Å²) in [6, 6.07) is 15.7. The molecule has 2 heterocycles. The third-order valence-corrected chi connectivity index (χ3v) is 7.86. The summed E-state index contributed by atoms with van der Waals surface area (Å²) in [6.45, 7) is 8.52. The van der Waals surface area contributed by atoms with Crippen LogP contribution in [0.25, 0.3) is 17.0 Å². The van der Waals surface area contributed by atoms with Gasteiger partial charge in [0.1, 0.15) is 10.8 Å². The minimum atomic E-state index is -0.880. The molecule has 1 saturated carbocycles. The van der Waals surface area contributed by atoms with Crippen molar-refractivity contribution in [3.8, 4) is 11.3 Å². The lowest BCUT2D eigenvalue weighted by atomic mass is 9.93. The number of rotatable bonds is 10. The van der Waals surface area contributed by atoms with Gasteiger partial charge in [-0.15, -0.1) is 11.3 Å². The van der Waals surface area contributed by atoms with Crippen LogP contribution >= 0.6 is 11.3 Å². The molecule has 4 aromatic rings. The van der Waals surface area contributed by atoms with Crippen molar-refractivity contribution >= 4 is 28.9 Å². The molecule has 41 heavy (non-hydrogen) atoms. The Kier molecular flexibility index (Phi) is 8.37. The van der Waals surface area contributed by atoms with Crippen molar-refractivity contribution in [3.63, 3.8) is 0 Å². The number of thiazole rings is 1. The van der Waals surface area contributed by atoms with Crippen molar-refractivity contribution in [1.82, 2.24) is 19.9 Å². The Bertz CT molecular complexity index is 1560. The van der Waals surface area contributed by atoms with Crippen molar-refractivity contribution in [2.45, 2.75) is 51.2 Å². The van der Waals surface area contributed by atoms with Crippen LogP contribution in [0.1, 0.15) is 52.0 Å². The Morgan fingerprint density at radius 3 is 2.59 bits per heavy atom. The zero-order chi connectivity index (χ0) is 29.0. The van der Waals surface area contributed by atoms with Crippen LogP contribution in [-0.4, -0.2) is 50.3 Å². The molecular weight excluding hydrogens is 532 g/mol. The molecule has 9 heteroatoms. The second kappa shape index (κ2) is 12.1. The first-order valence-electron chi connectivity index (χ1n) is 13.5. The summed E-state index contributed by atoms with van der Waals surface area (Å²) in [7, 11) is 1.65. The lowest BCUT2D eigenvalue weighted by Gasteiger charge is -2.27. The highest BCUT2D eigenvalue weighted by molar-refractivity contribution is 7.09. The van der Waals surface area contributed by atoms with Gasteiger partial charge in [0.15, 0.2) is 0 Å². The number of nitrogens with two attached hydrogens (primary N) is 1. The Balaban J connectivity index is 1.45. The average molecular weight is 567 g/mol. The number of aryl methyl sites for hydroxylation is 1. The lowest BCUT2D eigenvalue weighted by molar-refractivity contribution is 0.0729. The number of benzene rings is 2. The number of aromatic nitrogens is 3. The van der Waals surface area contributed by atoms with Crippen LogP contribution in [0.2, 0.25) is 0 Å². The maximum atomic E-state index is 14.0. The molecule has 0 aliphatic heterocycles. The number of carbonyl (C=O) groups excluding carboxylic acids is 1. The summed E-state index contributed by atoms with van der Waals surface area (Å²) in [5.74, 6) is 0.615. The minimum absolute atomic E-state index is 0.0720. The van der Waals surface area contributed by atoms with E-state index in [1.807, 2.05) is 72.7 Å². The fourth-order valence-corrected chi connectivity index (χ4v) is 5.51. The monoisotopic (exact) mass is 566 g/mol. The molecule has 1 amide bonds. The quantitative estimate of drug-likeness (QED) is 0.150. The summed E-state index contributed by atoms with van der Waals surface area (Å²) in [5.41, 5.74) is 10.4. The summed E-state index contributed by atoms with van der Waals surface area (Å²) in [6.07, 6.45) is 7.41. The van der Waals surface area contributed by atoms with Gasteiger partial charge in [0.2, 0.25) is 5.90 Å². The number of carbonyl (C=O) groups is 1. The normalized spacial score (nSPS) is 14.8. The molecule has 1 aliphatic rings. The zero-order valence-electron chi connectivity index (χ0n) is 23.6. The van der Waals surface area contributed by atoms with Gasteiger partial charge in [-0.3, -0.25) is 19.8 Å². The summed E-state index contributed by atoms with van der Waals surface area (Å²) in [5, 5.41) is 2.93. The maximum absolute atomic E-state index is 14.0. The van der Waals surface area contributed by atoms with Gasteiger partial charge >= 0.3 is 0 Å². The van der Waals surface area contributed by atoms with Gasteiger partial charge in [0.05, 0.1) is 24.0 Å². The second-order valence-corrected chi connectivity index (χ2v) is 11.5. The number of hydrogen-bond donors (Lipinski definition) is 1. The van der Waals surface area contributed by atoms with Crippen molar-refractivity contribution in [3.05, 3.63) is 106 Å². The third kappa shape index (κ3) is 6.93.